The second kappa shape index (κ2) is 8.20. The molecule has 1 aromatic rings. The molecule has 2 unspecified atom stereocenters. The second-order valence-electron chi connectivity index (χ2n) is 5.16. The molecule has 0 aliphatic rings. The van der Waals surface area contributed by atoms with E-state index in [1.165, 1.54) is 6.07 Å². The number of nitrogens with zero attached hydrogens (tertiary/aromatic N) is 1. The molecule has 0 heterocycles. The van der Waals surface area contributed by atoms with Crippen LogP contribution >= 0.6 is 0 Å². The van der Waals surface area contributed by atoms with E-state index in [0.717, 1.165) is 18.6 Å². The predicted octanol–water partition coefficient (Wildman–Crippen LogP) is 3.28. The number of ether oxygens (including phenoxy) is 1. The van der Waals surface area contributed by atoms with Crippen LogP contribution in [0.2, 0.25) is 0 Å². The van der Waals surface area contributed by atoms with Crippen molar-refractivity contribution in [1.29, 1.82) is 0 Å². The molecule has 21 heavy (non-hydrogen) atoms. The van der Waals surface area contributed by atoms with Crippen molar-refractivity contribution in [3.05, 3.63) is 35.4 Å². The first kappa shape index (κ1) is 17.7. The van der Waals surface area contributed by atoms with Crippen LogP contribution in [0.4, 0.5) is 8.78 Å². The summed E-state index contributed by atoms with van der Waals surface area (Å²) in [6, 6.07) is 3.05. The van der Waals surface area contributed by atoms with E-state index in [0.29, 0.717) is 13.2 Å². The number of rotatable bonds is 8. The molecule has 118 valence electrons. The molecule has 0 N–H and O–H groups in total. The number of methoxy groups -OCH3 is 1. The van der Waals surface area contributed by atoms with E-state index in [4.69, 9.17) is 4.74 Å². The maximum Gasteiger partial charge on any atom is 0.179 e. The van der Waals surface area contributed by atoms with Gasteiger partial charge in [0.2, 0.25) is 0 Å². The maximum absolute atomic E-state index is 13.3. The highest BCUT2D eigenvalue weighted by molar-refractivity contribution is 5.99. The summed E-state index contributed by atoms with van der Waals surface area (Å²) in [5, 5.41) is 0. The molecule has 0 aliphatic heterocycles. The van der Waals surface area contributed by atoms with E-state index in [2.05, 4.69) is 0 Å². The zero-order chi connectivity index (χ0) is 16.0. The van der Waals surface area contributed by atoms with E-state index < -0.39 is 17.7 Å². The molecular formula is C16H23F2NO2. The van der Waals surface area contributed by atoms with Crippen molar-refractivity contribution >= 4 is 5.78 Å². The van der Waals surface area contributed by atoms with Crippen molar-refractivity contribution in [2.45, 2.75) is 39.3 Å². The zero-order valence-corrected chi connectivity index (χ0v) is 13.0. The minimum atomic E-state index is -1.000. The van der Waals surface area contributed by atoms with Gasteiger partial charge in [0.1, 0.15) is 0 Å². The van der Waals surface area contributed by atoms with Gasteiger partial charge >= 0.3 is 0 Å². The number of hydrogen-bond acceptors (Lipinski definition) is 3. The molecule has 0 saturated heterocycles. The molecule has 0 spiro atoms. The molecule has 0 aliphatic carbocycles. The van der Waals surface area contributed by atoms with Crippen LogP contribution in [-0.2, 0) is 4.74 Å². The Morgan fingerprint density at radius 3 is 2.48 bits per heavy atom. The van der Waals surface area contributed by atoms with Crippen molar-refractivity contribution in [3.63, 3.8) is 0 Å². The lowest BCUT2D eigenvalue weighted by molar-refractivity contribution is 0.0668. The van der Waals surface area contributed by atoms with Crippen LogP contribution < -0.4 is 0 Å². The number of carbonyl (C=O) groups is 1. The Bertz CT molecular complexity index is 479. The molecule has 2 atom stereocenters. The van der Waals surface area contributed by atoms with Crippen LogP contribution in [-0.4, -0.2) is 43.0 Å². The fraction of sp³-hybridized carbons (Fsp3) is 0.562. The summed E-state index contributed by atoms with van der Waals surface area (Å²) in [5.41, 5.74) is 0.187. The predicted molar refractivity (Wildman–Crippen MR) is 78.5 cm³/mol. The molecular weight excluding hydrogens is 276 g/mol. The number of ketones is 1. The molecule has 3 nitrogen and oxygen atoms in total. The molecule has 0 radical (unpaired) electrons. The molecule has 0 saturated carbocycles. The van der Waals surface area contributed by atoms with Crippen molar-refractivity contribution in [1.82, 2.24) is 4.90 Å². The first-order valence-corrected chi connectivity index (χ1v) is 7.16. The fourth-order valence-electron chi connectivity index (χ4n) is 2.27. The number of carbonyl (C=O) groups excluding carboxylic acids is 1. The van der Waals surface area contributed by atoms with E-state index in [1.807, 2.05) is 18.7 Å². The Hall–Kier alpha value is -1.33. The van der Waals surface area contributed by atoms with Crippen molar-refractivity contribution < 1.29 is 18.3 Å². The lowest BCUT2D eigenvalue weighted by atomic mass is 10.0. The normalized spacial score (nSPS) is 14.2. The monoisotopic (exact) mass is 299 g/mol. The van der Waals surface area contributed by atoms with Gasteiger partial charge < -0.3 is 4.74 Å². The first-order chi connectivity index (χ1) is 9.92. The second-order valence-corrected chi connectivity index (χ2v) is 5.16. The van der Waals surface area contributed by atoms with Gasteiger partial charge in [0.05, 0.1) is 12.6 Å². The third-order valence-corrected chi connectivity index (χ3v) is 3.79. The van der Waals surface area contributed by atoms with Crippen LogP contribution in [0.3, 0.4) is 0 Å². The van der Waals surface area contributed by atoms with Crippen LogP contribution in [0.1, 0.15) is 37.6 Å². The van der Waals surface area contributed by atoms with Crippen molar-refractivity contribution in [3.8, 4) is 0 Å². The Labute approximate surface area is 124 Å². The van der Waals surface area contributed by atoms with Gasteiger partial charge in [-0.1, -0.05) is 6.92 Å². The Morgan fingerprint density at radius 2 is 1.95 bits per heavy atom. The molecule has 0 aromatic heterocycles. The summed E-state index contributed by atoms with van der Waals surface area (Å²) >= 11 is 0. The van der Waals surface area contributed by atoms with Crippen molar-refractivity contribution in [2.24, 2.45) is 0 Å². The van der Waals surface area contributed by atoms with E-state index in [9.17, 15) is 13.6 Å². The van der Waals surface area contributed by atoms with Gasteiger partial charge in [-0.25, -0.2) is 8.78 Å². The molecule has 1 rings (SSSR count). The SMILES string of the molecule is CCC(C)N(CCOC)C(C)C(=O)c1ccc(F)c(F)c1. The van der Waals surface area contributed by atoms with E-state index in [-0.39, 0.29) is 17.4 Å². The molecule has 5 heteroatoms. The fourth-order valence-corrected chi connectivity index (χ4v) is 2.27. The Balaban J connectivity index is 2.92. The van der Waals surface area contributed by atoms with Gasteiger partial charge in [0, 0.05) is 25.3 Å². The van der Waals surface area contributed by atoms with Crippen molar-refractivity contribution in [2.75, 3.05) is 20.3 Å². The van der Waals surface area contributed by atoms with Crippen LogP contribution in [0.25, 0.3) is 0 Å². The van der Waals surface area contributed by atoms with E-state index >= 15 is 0 Å². The topological polar surface area (TPSA) is 29.5 Å². The maximum atomic E-state index is 13.3. The number of Topliss-reactive ketones (excluding diaryl/α,β-unsaturated/α-hetero) is 1. The largest absolute Gasteiger partial charge is 0.383 e. The minimum absolute atomic E-state index is 0.187. The van der Waals surface area contributed by atoms with E-state index in [1.54, 1.807) is 14.0 Å². The van der Waals surface area contributed by atoms with Gasteiger partial charge in [-0.15, -0.1) is 0 Å². The number of hydrogen-bond donors (Lipinski definition) is 0. The molecule has 0 fully saturated rings. The summed E-state index contributed by atoms with van der Waals surface area (Å²) in [4.78, 5) is 14.5. The summed E-state index contributed by atoms with van der Waals surface area (Å²) in [6.45, 7) is 6.98. The van der Waals surface area contributed by atoms with Gasteiger partial charge in [-0.05, 0) is 38.5 Å². The third kappa shape index (κ3) is 4.58. The average Bonchev–Trinajstić information content (AvgIpc) is 2.49. The van der Waals surface area contributed by atoms with Crippen LogP contribution in [0, 0.1) is 11.6 Å². The Kier molecular flexibility index (Phi) is 6.92. The standard InChI is InChI=1S/C16H23F2NO2/c1-5-11(2)19(8-9-21-4)12(3)16(20)13-6-7-14(17)15(18)10-13/h6-7,10-12H,5,8-9H2,1-4H3. The van der Waals surface area contributed by atoms with Gasteiger partial charge in [0.15, 0.2) is 17.4 Å². The Morgan fingerprint density at radius 1 is 1.29 bits per heavy atom. The summed E-state index contributed by atoms with van der Waals surface area (Å²) in [6.07, 6.45) is 0.888. The highest BCUT2D eigenvalue weighted by Crippen LogP contribution is 2.16. The highest BCUT2D eigenvalue weighted by Gasteiger charge is 2.26. The number of halogens is 2. The lowest BCUT2D eigenvalue weighted by Gasteiger charge is -2.33. The summed E-state index contributed by atoms with van der Waals surface area (Å²) in [5.74, 6) is -2.16. The average molecular weight is 299 g/mol. The first-order valence-electron chi connectivity index (χ1n) is 7.16. The third-order valence-electron chi connectivity index (χ3n) is 3.79. The highest BCUT2D eigenvalue weighted by atomic mass is 19.2. The van der Waals surface area contributed by atoms with Gasteiger partial charge in [-0.2, -0.15) is 0 Å². The molecule has 0 amide bonds. The van der Waals surface area contributed by atoms with Gasteiger partial charge in [0.25, 0.3) is 0 Å². The zero-order valence-electron chi connectivity index (χ0n) is 13.0. The minimum Gasteiger partial charge on any atom is -0.383 e. The lowest BCUT2D eigenvalue weighted by Crippen LogP contribution is -2.46. The van der Waals surface area contributed by atoms with Gasteiger partial charge in [-0.3, -0.25) is 9.69 Å². The summed E-state index contributed by atoms with van der Waals surface area (Å²) in [7, 11) is 1.61. The summed E-state index contributed by atoms with van der Waals surface area (Å²) < 4.78 is 31.3. The molecule has 1 aromatic carbocycles. The number of benzene rings is 1. The smallest absolute Gasteiger partial charge is 0.179 e. The quantitative estimate of drug-likeness (QED) is 0.690. The molecule has 0 bridgehead atoms. The van der Waals surface area contributed by atoms with Crippen LogP contribution in [0.5, 0.6) is 0 Å². The van der Waals surface area contributed by atoms with Crippen LogP contribution in [0.15, 0.2) is 18.2 Å².